The summed E-state index contributed by atoms with van der Waals surface area (Å²) >= 11 is 0. The number of hydrogen-bond acceptors (Lipinski definition) is 5. The van der Waals surface area contributed by atoms with E-state index in [2.05, 4.69) is 0 Å². The molecule has 0 unspecified atom stereocenters. The Hall–Kier alpha value is -3.08. The highest BCUT2D eigenvalue weighted by molar-refractivity contribution is 5.99. The Morgan fingerprint density at radius 2 is 1.91 bits per heavy atom. The minimum atomic E-state index is -0.425. The van der Waals surface area contributed by atoms with Crippen LogP contribution in [0, 0.1) is 6.92 Å². The average Bonchev–Trinajstić information content (AvgIpc) is 2.57. The maximum atomic E-state index is 12.4. The molecule has 0 saturated heterocycles. The summed E-state index contributed by atoms with van der Waals surface area (Å²) in [7, 11) is 1.39. The summed E-state index contributed by atoms with van der Waals surface area (Å²) in [4.78, 5) is 23.7. The average molecular weight is 310 g/mol. The highest BCUT2D eigenvalue weighted by atomic mass is 16.5. The SMILES string of the molecule is COc1c(C=O)c(O)c2c(=O)cc(-c3ccccc3)oc2c1C. The third-order valence-electron chi connectivity index (χ3n) is 3.75. The van der Waals surface area contributed by atoms with E-state index in [1.54, 1.807) is 6.92 Å². The van der Waals surface area contributed by atoms with Gasteiger partial charge in [0.1, 0.15) is 28.2 Å². The molecule has 0 radical (unpaired) electrons. The minimum Gasteiger partial charge on any atom is -0.506 e. The maximum absolute atomic E-state index is 12.4. The predicted octanol–water partition coefficient (Wildman–Crippen LogP) is 3.30. The first-order chi connectivity index (χ1) is 11.1. The number of aldehydes is 1. The molecule has 0 saturated carbocycles. The molecule has 3 aromatic rings. The lowest BCUT2D eigenvalue weighted by atomic mass is 10.0. The van der Waals surface area contributed by atoms with Gasteiger partial charge in [-0.25, -0.2) is 0 Å². The molecule has 1 N–H and O–H groups in total. The summed E-state index contributed by atoms with van der Waals surface area (Å²) in [5.41, 5.74) is 0.950. The van der Waals surface area contributed by atoms with Crippen molar-refractivity contribution >= 4 is 17.3 Å². The van der Waals surface area contributed by atoms with Crippen LogP contribution in [0.1, 0.15) is 15.9 Å². The quantitative estimate of drug-likeness (QED) is 0.751. The molecule has 0 aliphatic rings. The lowest BCUT2D eigenvalue weighted by Crippen LogP contribution is -2.05. The molecule has 5 heteroatoms. The molecule has 0 bridgehead atoms. The van der Waals surface area contributed by atoms with Crippen molar-refractivity contribution in [1.29, 1.82) is 0 Å². The van der Waals surface area contributed by atoms with Gasteiger partial charge in [0.05, 0.1) is 12.7 Å². The largest absolute Gasteiger partial charge is 0.506 e. The van der Waals surface area contributed by atoms with E-state index >= 15 is 0 Å². The van der Waals surface area contributed by atoms with E-state index in [4.69, 9.17) is 9.15 Å². The smallest absolute Gasteiger partial charge is 0.197 e. The number of aromatic hydroxyl groups is 1. The number of fused-ring (bicyclic) bond motifs is 1. The molecule has 0 spiro atoms. The Kier molecular flexibility index (Phi) is 3.62. The number of benzene rings is 2. The Balaban J connectivity index is 2.44. The molecule has 0 aliphatic heterocycles. The lowest BCUT2D eigenvalue weighted by molar-refractivity contribution is 0.111. The lowest BCUT2D eigenvalue weighted by Gasteiger charge is -2.13. The molecule has 0 atom stereocenters. The van der Waals surface area contributed by atoms with Crippen LogP contribution in [-0.4, -0.2) is 18.5 Å². The molecule has 2 aromatic carbocycles. The van der Waals surface area contributed by atoms with Crippen LogP contribution in [0.25, 0.3) is 22.3 Å². The molecule has 0 fully saturated rings. The summed E-state index contributed by atoms with van der Waals surface area (Å²) in [6.07, 6.45) is 0.463. The van der Waals surface area contributed by atoms with E-state index in [9.17, 15) is 14.7 Å². The summed E-state index contributed by atoms with van der Waals surface area (Å²) < 4.78 is 11.0. The topological polar surface area (TPSA) is 76.7 Å². The molecule has 0 amide bonds. The number of methoxy groups -OCH3 is 1. The van der Waals surface area contributed by atoms with E-state index in [0.29, 0.717) is 17.6 Å². The van der Waals surface area contributed by atoms with Crippen LogP contribution in [0.3, 0.4) is 0 Å². The van der Waals surface area contributed by atoms with Crippen molar-refractivity contribution in [2.75, 3.05) is 7.11 Å². The van der Waals surface area contributed by atoms with Crippen molar-refractivity contribution in [3.8, 4) is 22.8 Å². The maximum Gasteiger partial charge on any atom is 0.197 e. The number of phenolic OH excluding ortho intramolecular Hbond substituents is 1. The molecule has 0 aliphatic carbocycles. The third kappa shape index (κ3) is 2.26. The summed E-state index contributed by atoms with van der Waals surface area (Å²) in [5, 5.41) is 10.2. The number of ether oxygens (including phenoxy) is 1. The van der Waals surface area contributed by atoms with Crippen LogP contribution in [-0.2, 0) is 0 Å². The standard InChI is InChI=1S/C18H14O5/c1-10-17(22-2)12(9-19)16(21)15-13(20)8-14(23-18(10)15)11-6-4-3-5-7-11/h3-9,21H,1-2H3. The first kappa shape index (κ1) is 14.8. The van der Waals surface area contributed by atoms with Gasteiger partial charge in [-0.3, -0.25) is 9.59 Å². The summed E-state index contributed by atoms with van der Waals surface area (Å²) in [6.45, 7) is 1.67. The van der Waals surface area contributed by atoms with E-state index < -0.39 is 11.2 Å². The molecule has 116 valence electrons. The second kappa shape index (κ2) is 5.61. The zero-order valence-electron chi connectivity index (χ0n) is 12.6. The van der Waals surface area contributed by atoms with Crippen LogP contribution in [0.5, 0.6) is 11.5 Å². The van der Waals surface area contributed by atoms with Crippen LogP contribution in [0.15, 0.2) is 45.6 Å². The van der Waals surface area contributed by atoms with E-state index in [1.807, 2.05) is 30.3 Å². The van der Waals surface area contributed by atoms with Crippen LogP contribution in [0.2, 0.25) is 0 Å². The van der Waals surface area contributed by atoms with Crippen molar-refractivity contribution in [1.82, 2.24) is 0 Å². The van der Waals surface area contributed by atoms with Gasteiger partial charge >= 0.3 is 0 Å². The number of hydrogen-bond donors (Lipinski definition) is 1. The first-order valence-electron chi connectivity index (χ1n) is 6.96. The Labute approximate surface area is 131 Å². The van der Waals surface area contributed by atoms with Gasteiger partial charge in [0.15, 0.2) is 11.7 Å². The normalized spacial score (nSPS) is 10.7. The molecule has 5 nitrogen and oxygen atoms in total. The predicted molar refractivity (Wildman–Crippen MR) is 86.3 cm³/mol. The first-order valence-corrected chi connectivity index (χ1v) is 6.96. The Morgan fingerprint density at radius 1 is 1.22 bits per heavy atom. The van der Waals surface area contributed by atoms with Crippen LogP contribution in [0.4, 0.5) is 0 Å². The van der Waals surface area contributed by atoms with Crippen molar-refractivity contribution < 1.29 is 19.1 Å². The van der Waals surface area contributed by atoms with Gasteiger partial charge in [-0.15, -0.1) is 0 Å². The molecule has 3 rings (SSSR count). The van der Waals surface area contributed by atoms with Crippen LogP contribution < -0.4 is 10.2 Å². The van der Waals surface area contributed by atoms with Gasteiger partial charge in [0, 0.05) is 17.2 Å². The number of carbonyl (C=O) groups is 1. The molecular weight excluding hydrogens is 296 g/mol. The number of phenols is 1. The third-order valence-corrected chi connectivity index (χ3v) is 3.75. The monoisotopic (exact) mass is 310 g/mol. The van der Waals surface area contributed by atoms with E-state index in [-0.39, 0.29) is 22.3 Å². The summed E-state index contributed by atoms with van der Waals surface area (Å²) in [5.74, 6) is 0.149. The van der Waals surface area contributed by atoms with Gasteiger partial charge in [-0.05, 0) is 6.92 Å². The van der Waals surface area contributed by atoms with Gasteiger partial charge in [-0.1, -0.05) is 30.3 Å². The van der Waals surface area contributed by atoms with E-state index in [0.717, 1.165) is 5.56 Å². The molecule has 1 aromatic heterocycles. The van der Waals surface area contributed by atoms with Crippen molar-refractivity contribution in [3.05, 3.63) is 57.7 Å². The molecule has 1 heterocycles. The molecule has 23 heavy (non-hydrogen) atoms. The van der Waals surface area contributed by atoms with Gasteiger partial charge < -0.3 is 14.3 Å². The number of aryl methyl sites for hydroxylation is 1. The fraction of sp³-hybridized carbons (Fsp3) is 0.111. The zero-order chi connectivity index (χ0) is 16.6. The second-order valence-corrected chi connectivity index (χ2v) is 5.08. The second-order valence-electron chi connectivity index (χ2n) is 5.08. The summed E-state index contributed by atoms with van der Waals surface area (Å²) in [6, 6.07) is 10.5. The van der Waals surface area contributed by atoms with Crippen molar-refractivity contribution in [2.45, 2.75) is 6.92 Å². The van der Waals surface area contributed by atoms with Crippen LogP contribution >= 0.6 is 0 Å². The Morgan fingerprint density at radius 3 is 2.52 bits per heavy atom. The van der Waals surface area contributed by atoms with Gasteiger partial charge in [0.25, 0.3) is 0 Å². The molecular formula is C18H14O5. The Bertz CT molecular complexity index is 955. The number of carbonyl (C=O) groups excluding carboxylic acids is 1. The van der Waals surface area contributed by atoms with E-state index in [1.165, 1.54) is 13.2 Å². The highest BCUT2D eigenvalue weighted by Gasteiger charge is 2.22. The number of rotatable bonds is 3. The minimum absolute atomic E-state index is 0.0231. The highest BCUT2D eigenvalue weighted by Crippen LogP contribution is 2.38. The van der Waals surface area contributed by atoms with Crippen molar-refractivity contribution in [3.63, 3.8) is 0 Å². The fourth-order valence-electron chi connectivity index (χ4n) is 2.65. The van der Waals surface area contributed by atoms with Gasteiger partial charge in [0.2, 0.25) is 0 Å². The fourth-order valence-corrected chi connectivity index (χ4v) is 2.65. The zero-order valence-corrected chi connectivity index (χ0v) is 12.6. The van der Waals surface area contributed by atoms with Crippen molar-refractivity contribution in [2.24, 2.45) is 0 Å². The van der Waals surface area contributed by atoms with Gasteiger partial charge in [-0.2, -0.15) is 0 Å².